The lowest BCUT2D eigenvalue weighted by molar-refractivity contribution is -0.116. The summed E-state index contributed by atoms with van der Waals surface area (Å²) in [5.41, 5.74) is 3.57. The van der Waals surface area contributed by atoms with Crippen LogP contribution in [0.25, 0.3) is 10.6 Å². The van der Waals surface area contributed by atoms with Crippen LogP contribution >= 0.6 is 11.3 Å². The van der Waals surface area contributed by atoms with E-state index >= 15 is 0 Å². The quantitative estimate of drug-likeness (QED) is 0.597. The first kappa shape index (κ1) is 21.9. The number of sulfonamides is 1. The number of nitrogens with zero attached hydrogens (tertiary/aromatic N) is 3. The Balaban J connectivity index is 1.79. The van der Waals surface area contributed by atoms with Gasteiger partial charge < -0.3 is 0 Å². The Morgan fingerprint density at radius 3 is 2.30 bits per heavy atom. The van der Waals surface area contributed by atoms with Gasteiger partial charge in [-0.2, -0.15) is 0 Å². The summed E-state index contributed by atoms with van der Waals surface area (Å²) in [5, 5.41) is 11.8. The number of aromatic nitrogens is 2. The third-order valence-corrected chi connectivity index (χ3v) is 6.77. The first-order valence-electron chi connectivity index (χ1n) is 9.48. The molecule has 7 nitrogen and oxygen atoms in total. The highest BCUT2D eigenvalue weighted by molar-refractivity contribution is 7.92. The molecule has 0 fully saturated rings. The summed E-state index contributed by atoms with van der Waals surface area (Å²) in [6, 6.07) is 14.0. The van der Waals surface area contributed by atoms with Gasteiger partial charge in [-0.1, -0.05) is 60.2 Å². The van der Waals surface area contributed by atoms with E-state index in [0.29, 0.717) is 15.8 Å². The van der Waals surface area contributed by atoms with Gasteiger partial charge in [0.15, 0.2) is 0 Å². The van der Waals surface area contributed by atoms with E-state index in [1.807, 2.05) is 50.2 Å². The normalized spacial score (nSPS) is 12.4. The van der Waals surface area contributed by atoms with Gasteiger partial charge in [-0.25, -0.2) is 8.42 Å². The standard InChI is InChI=1S/C21H24N4O3S2/c1-5-16-8-12-18(13-9-16)25(30(4,27)28)15(3)19(26)22-21-24-23-20(29-21)17-10-6-14(2)7-11-17/h6-13,15H,5H2,1-4H3,(H,22,24,26). The van der Waals surface area contributed by atoms with Crippen LogP contribution in [-0.4, -0.2) is 36.8 Å². The van der Waals surface area contributed by atoms with E-state index in [9.17, 15) is 13.2 Å². The van der Waals surface area contributed by atoms with Crippen molar-refractivity contribution in [1.82, 2.24) is 10.2 Å². The van der Waals surface area contributed by atoms with Crippen molar-refractivity contribution in [3.63, 3.8) is 0 Å². The van der Waals surface area contributed by atoms with Crippen LogP contribution < -0.4 is 9.62 Å². The molecule has 1 aromatic heterocycles. The molecular formula is C21H24N4O3S2. The van der Waals surface area contributed by atoms with Crippen molar-refractivity contribution in [2.24, 2.45) is 0 Å². The average molecular weight is 445 g/mol. The Morgan fingerprint density at radius 1 is 1.10 bits per heavy atom. The average Bonchev–Trinajstić information content (AvgIpc) is 3.16. The van der Waals surface area contributed by atoms with Gasteiger partial charge in [-0.3, -0.25) is 14.4 Å². The lowest BCUT2D eigenvalue weighted by Crippen LogP contribution is -2.45. The topological polar surface area (TPSA) is 92.3 Å². The highest BCUT2D eigenvalue weighted by atomic mass is 32.2. The lowest BCUT2D eigenvalue weighted by atomic mass is 10.1. The predicted octanol–water partition coefficient (Wildman–Crippen LogP) is 3.87. The Morgan fingerprint density at radius 2 is 1.73 bits per heavy atom. The van der Waals surface area contributed by atoms with Crippen LogP contribution in [0, 0.1) is 6.92 Å². The summed E-state index contributed by atoms with van der Waals surface area (Å²) >= 11 is 1.24. The monoisotopic (exact) mass is 444 g/mol. The molecule has 0 saturated carbocycles. The minimum atomic E-state index is -3.68. The van der Waals surface area contributed by atoms with Gasteiger partial charge >= 0.3 is 0 Å². The van der Waals surface area contributed by atoms with Crippen LogP contribution in [0.3, 0.4) is 0 Å². The summed E-state index contributed by atoms with van der Waals surface area (Å²) in [7, 11) is -3.68. The maximum atomic E-state index is 12.8. The van der Waals surface area contributed by atoms with E-state index in [4.69, 9.17) is 0 Å². The van der Waals surface area contributed by atoms with Crippen LogP contribution in [0.15, 0.2) is 48.5 Å². The molecule has 1 atom stereocenters. The van der Waals surface area contributed by atoms with E-state index in [1.54, 1.807) is 19.1 Å². The molecule has 0 aliphatic rings. The molecule has 158 valence electrons. The van der Waals surface area contributed by atoms with Crippen LogP contribution in [0.1, 0.15) is 25.0 Å². The predicted molar refractivity (Wildman–Crippen MR) is 121 cm³/mol. The van der Waals surface area contributed by atoms with Gasteiger partial charge in [-0.15, -0.1) is 10.2 Å². The number of carbonyl (C=O) groups is 1. The van der Waals surface area contributed by atoms with E-state index in [2.05, 4.69) is 15.5 Å². The third-order valence-electron chi connectivity index (χ3n) is 4.64. The molecule has 1 heterocycles. The van der Waals surface area contributed by atoms with Gasteiger partial charge in [0.25, 0.3) is 0 Å². The van der Waals surface area contributed by atoms with Crippen molar-refractivity contribution in [3.05, 3.63) is 59.7 Å². The Labute approximate surface area is 180 Å². The molecule has 1 amide bonds. The molecule has 0 aliphatic heterocycles. The second kappa shape index (κ2) is 8.93. The molecule has 1 N–H and O–H groups in total. The SMILES string of the molecule is CCc1ccc(N(C(C)C(=O)Nc2nnc(-c3ccc(C)cc3)s2)S(C)(=O)=O)cc1. The zero-order valence-corrected chi connectivity index (χ0v) is 18.9. The van der Waals surface area contributed by atoms with E-state index in [1.165, 1.54) is 11.3 Å². The van der Waals surface area contributed by atoms with Crippen LogP contribution in [0.4, 0.5) is 10.8 Å². The first-order chi connectivity index (χ1) is 14.2. The highest BCUT2D eigenvalue weighted by Crippen LogP contribution is 2.27. The Bertz CT molecular complexity index is 1120. The summed E-state index contributed by atoms with van der Waals surface area (Å²) < 4.78 is 26.0. The number of carbonyl (C=O) groups excluding carboxylic acids is 1. The van der Waals surface area contributed by atoms with Gasteiger partial charge in [0.1, 0.15) is 11.0 Å². The van der Waals surface area contributed by atoms with Crippen molar-refractivity contribution in [2.45, 2.75) is 33.2 Å². The first-order valence-corrected chi connectivity index (χ1v) is 12.1. The van der Waals surface area contributed by atoms with Crippen molar-refractivity contribution in [3.8, 4) is 10.6 Å². The Kier molecular flexibility index (Phi) is 6.52. The molecular weight excluding hydrogens is 420 g/mol. The fourth-order valence-electron chi connectivity index (χ4n) is 2.98. The fourth-order valence-corrected chi connectivity index (χ4v) is 4.91. The third kappa shape index (κ3) is 5.03. The fraction of sp³-hybridized carbons (Fsp3) is 0.286. The summed E-state index contributed by atoms with van der Waals surface area (Å²) in [5.74, 6) is -0.480. The van der Waals surface area contributed by atoms with E-state index < -0.39 is 22.0 Å². The molecule has 1 unspecified atom stereocenters. The van der Waals surface area contributed by atoms with Gasteiger partial charge in [0, 0.05) is 5.56 Å². The number of hydrogen-bond acceptors (Lipinski definition) is 6. The number of nitrogens with one attached hydrogen (secondary N) is 1. The maximum absolute atomic E-state index is 12.8. The van der Waals surface area contributed by atoms with E-state index in [0.717, 1.165) is 33.7 Å². The molecule has 0 radical (unpaired) electrons. The maximum Gasteiger partial charge on any atom is 0.249 e. The van der Waals surface area contributed by atoms with Gasteiger partial charge in [0.2, 0.25) is 21.1 Å². The number of rotatable bonds is 7. The van der Waals surface area contributed by atoms with Crippen molar-refractivity contribution in [2.75, 3.05) is 15.9 Å². The van der Waals surface area contributed by atoms with Crippen LogP contribution in [-0.2, 0) is 21.2 Å². The second-order valence-corrected chi connectivity index (χ2v) is 9.86. The molecule has 0 saturated heterocycles. The number of anilines is 2. The molecule has 0 spiro atoms. The minimum Gasteiger partial charge on any atom is -0.299 e. The van der Waals surface area contributed by atoms with Crippen molar-refractivity contribution >= 4 is 38.1 Å². The summed E-state index contributed by atoms with van der Waals surface area (Å²) in [6.45, 7) is 5.57. The van der Waals surface area contributed by atoms with Crippen LogP contribution in [0.2, 0.25) is 0 Å². The molecule has 0 bridgehead atoms. The Hall–Kier alpha value is -2.78. The highest BCUT2D eigenvalue weighted by Gasteiger charge is 2.29. The van der Waals surface area contributed by atoms with Crippen LogP contribution in [0.5, 0.6) is 0 Å². The van der Waals surface area contributed by atoms with Gasteiger partial charge in [-0.05, 0) is 38.0 Å². The second-order valence-electron chi connectivity index (χ2n) is 7.02. The zero-order valence-electron chi connectivity index (χ0n) is 17.3. The summed E-state index contributed by atoms with van der Waals surface area (Å²) in [6.07, 6.45) is 1.93. The molecule has 3 aromatic rings. The number of hydrogen-bond donors (Lipinski definition) is 1. The number of aryl methyl sites for hydroxylation is 2. The van der Waals surface area contributed by atoms with Gasteiger partial charge in [0.05, 0.1) is 11.9 Å². The largest absolute Gasteiger partial charge is 0.299 e. The number of amides is 1. The minimum absolute atomic E-state index is 0.317. The molecule has 30 heavy (non-hydrogen) atoms. The number of benzene rings is 2. The lowest BCUT2D eigenvalue weighted by Gasteiger charge is -2.28. The smallest absolute Gasteiger partial charge is 0.249 e. The zero-order chi connectivity index (χ0) is 21.9. The molecule has 9 heteroatoms. The molecule has 2 aromatic carbocycles. The van der Waals surface area contributed by atoms with Crippen molar-refractivity contribution in [1.29, 1.82) is 0 Å². The molecule has 0 aliphatic carbocycles. The summed E-state index contributed by atoms with van der Waals surface area (Å²) in [4.78, 5) is 12.8. The molecule has 3 rings (SSSR count). The van der Waals surface area contributed by atoms with Crippen molar-refractivity contribution < 1.29 is 13.2 Å². The van der Waals surface area contributed by atoms with E-state index in [-0.39, 0.29) is 0 Å².